The molecule has 0 aromatic heterocycles. The van der Waals surface area contributed by atoms with E-state index in [1.165, 1.54) is 5.57 Å². The lowest BCUT2D eigenvalue weighted by atomic mass is 9.64. The van der Waals surface area contributed by atoms with Gasteiger partial charge in [0, 0.05) is 25.6 Å². The maximum Gasteiger partial charge on any atom is 0.129 e. The van der Waals surface area contributed by atoms with Gasteiger partial charge in [-0.1, -0.05) is 17.3 Å². The fourth-order valence-corrected chi connectivity index (χ4v) is 4.94. The van der Waals surface area contributed by atoms with Crippen LogP contribution in [0.1, 0.15) is 39.2 Å². The Kier molecular flexibility index (Phi) is 6.19. The van der Waals surface area contributed by atoms with E-state index < -0.39 is 5.60 Å². The molecule has 1 aromatic carbocycles. The summed E-state index contributed by atoms with van der Waals surface area (Å²) in [7, 11) is 1.69. The van der Waals surface area contributed by atoms with Gasteiger partial charge in [0.1, 0.15) is 23.7 Å². The van der Waals surface area contributed by atoms with E-state index in [1.54, 1.807) is 7.11 Å². The minimum absolute atomic E-state index is 0.224. The first kappa shape index (κ1) is 21.3. The van der Waals surface area contributed by atoms with Crippen molar-refractivity contribution >= 4 is 11.8 Å². The molecule has 6 nitrogen and oxygen atoms in total. The van der Waals surface area contributed by atoms with E-state index in [1.807, 2.05) is 12.1 Å². The predicted octanol–water partition coefficient (Wildman–Crippen LogP) is 3.76. The molecular weight excluding hydrogens is 380 g/mol. The molecule has 0 radical (unpaired) electrons. The first-order chi connectivity index (χ1) is 14.4. The number of rotatable bonds is 6. The van der Waals surface area contributed by atoms with Gasteiger partial charge < -0.3 is 19.0 Å². The Balaban J connectivity index is 1.55. The second-order valence-electron chi connectivity index (χ2n) is 9.13. The number of hydrogen-bond acceptors (Lipinski definition) is 6. The van der Waals surface area contributed by atoms with Crippen molar-refractivity contribution < 1.29 is 19.0 Å². The molecule has 3 heterocycles. The maximum atomic E-state index is 6.53. The zero-order valence-corrected chi connectivity index (χ0v) is 18.6. The summed E-state index contributed by atoms with van der Waals surface area (Å²) in [6.07, 6.45) is 4.31. The molecule has 3 saturated heterocycles. The molecule has 0 N–H and O–H groups in total. The highest BCUT2D eigenvalue weighted by atomic mass is 16.6. The van der Waals surface area contributed by atoms with Crippen molar-refractivity contribution in [1.29, 1.82) is 0 Å². The minimum Gasteiger partial charge on any atom is -0.497 e. The van der Waals surface area contributed by atoms with E-state index in [9.17, 15) is 0 Å². The van der Waals surface area contributed by atoms with Crippen LogP contribution in [-0.2, 0) is 14.3 Å². The standard InChI is InChI=1S/C24H34N2O4/c1-23(2)21-9-10-24(3,30-23)22(25-29-16-13-26-11-14-28-15-12-26)20(21)17-18-5-7-19(27-4)8-6-18/h5-8,17,21H,9-16H2,1-4H3/b20-17-,25-22-. The fraction of sp³-hybridized carbons (Fsp3) is 0.625. The lowest BCUT2D eigenvalue weighted by Gasteiger charge is -2.55. The molecule has 1 aliphatic carbocycles. The van der Waals surface area contributed by atoms with E-state index in [2.05, 4.69) is 49.0 Å². The van der Waals surface area contributed by atoms with Crippen molar-refractivity contribution in [3.8, 4) is 5.75 Å². The topological polar surface area (TPSA) is 52.5 Å². The van der Waals surface area contributed by atoms with Crippen molar-refractivity contribution in [3.63, 3.8) is 0 Å². The van der Waals surface area contributed by atoms with Gasteiger partial charge in [-0.15, -0.1) is 0 Å². The third-order valence-electron chi connectivity index (χ3n) is 6.58. The fourth-order valence-electron chi connectivity index (χ4n) is 4.94. The summed E-state index contributed by atoms with van der Waals surface area (Å²) in [5.41, 5.74) is 2.67. The van der Waals surface area contributed by atoms with Crippen molar-refractivity contribution in [3.05, 3.63) is 35.4 Å². The average molecular weight is 415 g/mol. The monoisotopic (exact) mass is 414 g/mol. The van der Waals surface area contributed by atoms with Crippen molar-refractivity contribution in [1.82, 2.24) is 4.90 Å². The number of methoxy groups -OCH3 is 1. The zero-order valence-electron chi connectivity index (χ0n) is 18.6. The second-order valence-corrected chi connectivity index (χ2v) is 9.13. The first-order valence-electron chi connectivity index (χ1n) is 11.0. The molecule has 4 fully saturated rings. The van der Waals surface area contributed by atoms with E-state index in [0.29, 0.717) is 12.5 Å². The molecule has 2 atom stereocenters. The van der Waals surface area contributed by atoms with E-state index in [4.69, 9.17) is 19.0 Å². The van der Waals surface area contributed by atoms with Crippen molar-refractivity contribution in [2.24, 2.45) is 11.1 Å². The number of hydrogen-bond donors (Lipinski definition) is 0. The van der Waals surface area contributed by atoms with Gasteiger partial charge in [-0.25, -0.2) is 0 Å². The molecule has 0 spiro atoms. The molecule has 0 amide bonds. The number of fused-ring (bicyclic) bond motifs is 3. The van der Waals surface area contributed by atoms with Crippen molar-refractivity contribution in [2.75, 3.05) is 46.6 Å². The van der Waals surface area contributed by atoms with Gasteiger partial charge in [-0.05, 0) is 63.0 Å². The Hall–Kier alpha value is -1.89. The Bertz CT molecular complexity index is 796. The summed E-state index contributed by atoms with van der Waals surface area (Å²) in [5, 5.41) is 4.64. The smallest absolute Gasteiger partial charge is 0.129 e. The molecule has 2 bridgehead atoms. The molecule has 1 aromatic rings. The molecule has 2 unspecified atom stereocenters. The summed E-state index contributed by atoms with van der Waals surface area (Å²) < 4.78 is 17.2. The summed E-state index contributed by atoms with van der Waals surface area (Å²) in [5.74, 6) is 1.15. The molecule has 3 aliphatic heterocycles. The van der Waals surface area contributed by atoms with Crippen LogP contribution in [0.3, 0.4) is 0 Å². The molecule has 30 heavy (non-hydrogen) atoms. The summed E-state index contributed by atoms with van der Waals surface area (Å²) in [4.78, 5) is 8.18. The highest BCUT2D eigenvalue weighted by Crippen LogP contribution is 2.51. The van der Waals surface area contributed by atoms with Gasteiger partial charge in [0.25, 0.3) is 0 Å². The predicted molar refractivity (Wildman–Crippen MR) is 118 cm³/mol. The van der Waals surface area contributed by atoms with Gasteiger partial charge in [0.05, 0.1) is 25.9 Å². The van der Waals surface area contributed by atoms with Crippen LogP contribution in [0, 0.1) is 5.92 Å². The van der Waals surface area contributed by atoms with E-state index >= 15 is 0 Å². The largest absolute Gasteiger partial charge is 0.497 e. The van der Waals surface area contributed by atoms with Crippen LogP contribution in [0.4, 0.5) is 0 Å². The van der Waals surface area contributed by atoms with Gasteiger partial charge in [-0.3, -0.25) is 4.90 Å². The third-order valence-corrected chi connectivity index (χ3v) is 6.58. The highest BCUT2D eigenvalue weighted by Gasteiger charge is 2.55. The van der Waals surface area contributed by atoms with Crippen molar-refractivity contribution in [2.45, 2.75) is 44.8 Å². The van der Waals surface area contributed by atoms with Gasteiger partial charge in [0.2, 0.25) is 0 Å². The number of benzene rings is 1. The van der Waals surface area contributed by atoms with Crippen LogP contribution in [0.25, 0.3) is 6.08 Å². The number of oxime groups is 1. The Morgan fingerprint density at radius 1 is 1.17 bits per heavy atom. The van der Waals surface area contributed by atoms with Crippen LogP contribution in [-0.4, -0.2) is 68.4 Å². The second kappa shape index (κ2) is 8.69. The van der Waals surface area contributed by atoms with Gasteiger partial charge in [-0.2, -0.15) is 0 Å². The molecule has 6 heteroatoms. The van der Waals surface area contributed by atoms with Crippen LogP contribution in [0.15, 0.2) is 35.0 Å². The van der Waals surface area contributed by atoms with Crippen LogP contribution in [0.2, 0.25) is 0 Å². The Labute approximate surface area is 179 Å². The SMILES string of the molecule is COc1ccc(/C=C2\C(=N\OCCN3CCOCC3)C3(C)CCC2C(C)(C)O3)cc1. The molecule has 4 aliphatic rings. The molecular formula is C24H34N2O4. The summed E-state index contributed by atoms with van der Waals surface area (Å²) in [6.45, 7) is 11.5. The third kappa shape index (κ3) is 4.41. The zero-order chi connectivity index (χ0) is 21.2. The Morgan fingerprint density at radius 2 is 1.90 bits per heavy atom. The van der Waals surface area contributed by atoms with Crippen LogP contribution >= 0.6 is 0 Å². The van der Waals surface area contributed by atoms with Crippen LogP contribution in [0.5, 0.6) is 5.75 Å². The van der Waals surface area contributed by atoms with E-state index in [-0.39, 0.29) is 5.60 Å². The summed E-state index contributed by atoms with van der Waals surface area (Å²) in [6, 6.07) is 8.15. The molecule has 1 saturated carbocycles. The molecule has 164 valence electrons. The average Bonchev–Trinajstić information content (AvgIpc) is 2.73. The number of morpholine rings is 1. The van der Waals surface area contributed by atoms with Crippen LogP contribution < -0.4 is 4.74 Å². The van der Waals surface area contributed by atoms with Gasteiger partial charge in [0.15, 0.2) is 0 Å². The maximum absolute atomic E-state index is 6.53. The molecule has 5 rings (SSSR count). The lowest BCUT2D eigenvalue weighted by Crippen LogP contribution is -2.60. The summed E-state index contributed by atoms with van der Waals surface area (Å²) >= 11 is 0. The normalized spacial score (nSPS) is 31.3. The minimum atomic E-state index is -0.421. The van der Waals surface area contributed by atoms with E-state index in [0.717, 1.165) is 62.7 Å². The van der Waals surface area contributed by atoms with Gasteiger partial charge >= 0.3 is 0 Å². The number of ether oxygens (including phenoxy) is 3. The number of nitrogens with zero attached hydrogens (tertiary/aromatic N) is 2. The quantitative estimate of drug-likeness (QED) is 0.524. The first-order valence-corrected chi connectivity index (χ1v) is 11.0. The Morgan fingerprint density at radius 3 is 2.57 bits per heavy atom. The lowest BCUT2D eigenvalue weighted by molar-refractivity contribution is -0.165. The highest BCUT2D eigenvalue weighted by molar-refractivity contribution is 6.10.